The van der Waals surface area contributed by atoms with Gasteiger partial charge in [0, 0.05) is 12.1 Å². The Morgan fingerprint density at radius 2 is 1.88 bits per heavy atom. The topological polar surface area (TPSA) is 15.3 Å². The van der Waals surface area contributed by atoms with E-state index in [1.807, 2.05) is 0 Å². The number of likely N-dealkylation sites (tertiary alicyclic amines) is 1. The highest BCUT2D eigenvalue weighted by molar-refractivity contribution is 4.94. The number of nitrogens with one attached hydrogen (secondary N) is 1. The molecule has 0 amide bonds. The molecule has 0 aromatic rings. The minimum Gasteiger partial charge on any atom is -0.313 e. The number of piperidine rings is 1. The first-order valence-electron chi connectivity index (χ1n) is 7.60. The van der Waals surface area contributed by atoms with Crippen molar-refractivity contribution < 1.29 is 0 Å². The zero-order valence-electron chi connectivity index (χ0n) is 12.0. The Kier molecular flexibility index (Phi) is 4.48. The highest BCUT2D eigenvalue weighted by atomic mass is 15.2. The van der Waals surface area contributed by atoms with E-state index in [4.69, 9.17) is 0 Å². The first kappa shape index (κ1) is 13.4. The Morgan fingerprint density at radius 3 is 2.53 bits per heavy atom. The van der Waals surface area contributed by atoms with Gasteiger partial charge >= 0.3 is 0 Å². The maximum absolute atomic E-state index is 3.73. The Labute approximate surface area is 107 Å². The van der Waals surface area contributed by atoms with Gasteiger partial charge in [-0.3, -0.25) is 4.90 Å². The molecule has 2 rings (SSSR count). The Morgan fingerprint density at radius 1 is 1.18 bits per heavy atom. The SMILES string of the molecule is CCNC1CCC(C)(C)CC1N1CCCCC1. The molecule has 1 aliphatic carbocycles. The van der Waals surface area contributed by atoms with Crippen molar-refractivity contribution in [3.8, 4) is 0 Å². The van der Waals surface area contributed by atoms with Crippen LogP contribution in [0, 0.1) is 5.41 Å². The molecular weight excluding hydrogens is 208 g/mol. The van der Waals surface area contributed by atoms with E-state index in [2.05, 4.69) is 31.0 Å². The van der Waals surface area contributed by atoms with Gasteiger partial charge in [0.15, 0.2) is 0 Å². The molecule has 1 saturated carbocycles. The standard InChI is InChI=1S/C15H30N2/c1-4-16-13-8-9-15(2,3)12-14(13)17-10-6-5-7-11-17/h13-14,16H,4-12H2,1-3H3. The normalized spacial score (nSPS) is 34.8. The van der Waals surface area contributed by atoms with E-state index in [9.17, 15) is 0 Å². The summed E-state index contributed by atoms with van der Waals surface area (Å²) in [5.74, 6) is 0. The summed E-state index contributed by atoms with van der Waals surface area (Å²) < 4.78 is 0. The van der Waals surface area contributed by atoms with Gasteiger partial charge in [0.1, 0.15) is 0 Å². The average Bonchev–Trinajstić information content (AvgIpc) is 2.32. The lowest BCUT2D eigenvalue weighted by Crippen LogP contribution is -2.55. The highest BCUT2D eigenvalue weighted by Crippen LogP contribution is 2.38. The molecule has 0 radical (unpaired) electrons. The van der Waals surface area contributed by atoms with Gasteiger partial charge in [0.2, 0.25) is 0 Å². The Hall–Kier alpha value is -0.0800. The van der Waals surface area contributed by atoms with E-state index in [0.717, 1.165) is 18.6 Å². The third-order valence-electron chi connectivity index (χ3n) is 4.68. The van der Waals surface area contributed by atoms with Crippen LogP contribution in [0.1, 0.15) is 59.3 Å². The van der Waals surface area contributed by atoms with Crippen molar-refractivity contribution in [1.29, 1.82) is 0 Å². The second-order valence-electron chi connectivity index (χ2n) is 6.74. The van der Waals surface area contributed by atoms with Crippen molar-refractivity contribution >= 4 is 0 Å². The van der Waals surface area contributed by atoms with E-state index < -0.39 is 0 Å². The smallest absolute Gasteiger partial charge is 0.0254 e. The molecule has 2 atom stereocenters. The Bertz CT molecular complexity index is 226. The maximum atomic E-state index is 3.73. The van der Waals surface area contributed by atoms with Gasteiger partial charge in [-0.05, 0) is 57.2 Å². The van der Waals surface area contributed by atoms with E-state index in [1.54, 1.807) is 0 Å². The molecule has 2 fully saturated rings. The largest absolute Gasteiger partial charge is 0.313 e. The van der Waals surface area contributed by atoms with Gasteiger partial charge in [-0.25, -0.2) is 0 Å². The molecule has 1 aliphatic heterocycles. The monoisotopic (exact) mass is 238 g/mol. The first-order valence-corrected chi connectivity index (χ1v) is 7.60. The van der Waals surface area contributed by atoms with Crippen LogP contribution >= 0.6 is 0 Å². The van der Waals surface area contributed by atoms with Crippen LogP contribution in [0.5, 0.6) is 0 Å². The van der Waals surface area contributed by atoms with Crippen LogP contribution in [-0.2, 0) is 0 Å². The fraction of sp³-hybridized carbons (Fsp3) is 1.00. The second kappa shape index (κ2) is 5.71. The highest BCUT2D eigenvalue weighted by Gasteiger charge is 2.37. The van der Waals surface area contributed by atoms with E-state index >= 15 is 0 Å². The van der Waals surface area contributed by atoms with Crippen LogP contribution in [-0.4, -0.2) is 36.6 Å². The summed E-state index contributed by atoms with van der Waals surface area (Å²) in [6.45, 7) is 10.9. The Balaban J connectivity index is 2.01. The number of rotatable bonds is 3. The van der Waals surface area contributed by atoms with E-state index in [-0.39, 0.29) is 0 Å². The summed E-state index contributed by atoms with van der Waals surface area (Å²) in [6, 6.07) is 1.53. The van der Waals surface area contributed by atoms with Gasteiger partial charge in [0.05, 0.1) is 0 Å². The molecular formula is C15H30N2. The van der Waals surface area contributed by atoms with Crippen LogP contribution in [0.15, 0.2) is 0 Å². The van der Waals surface area contributed by atoms with Crippen LogP contribution in [0.4, 0.5) is 0 Å². The summed E-state index contributed by atoms with van der Waals surface area (Å²) in [6.07, 6.45) is 8.39. The van der Waals surface area contributed by atoms with Crippen molar-refractivity contribution in [2.24, 2.45) is 5.41 Å². The van der Waals surface area contributed by atoms with Crippen LogP contribution < -0.4 is 5.32 Å². The van der Waals surface area contributed by atoms with Crippen molar-refractivity contribution in [3.05, 3.63) is 0 Å². The van der Waals surface area contributed by atoms with Gasteiger partial charge in [-0.2, -0.15) is 0 Å². The van der Waals surface area contributed by atoms with Crippen molar-refractivity contribution in [2.45, 2.75) is 71.4 Å². The molecule has 2 heteroatoms. The summed E-state index contributed by atoms with van der Waals surface area (Å²) in [5, 5.41) is 3.73. The molecule has 2 aliphatic rings. The zero-order valence-corrected chi connectivity index (χ0v) is 12.0. The summed E-state index contributed by atoms with van der Waals surface area (Å²) >= 11 is 0. The van der Waals surface area contributed by atoms with Crippen LogP contribution in [0.2, 0.25) is 0 Å². The minimum atomic E-state index is 0.550. The zero-order chi connectivity index (χ0) is 12.3. The summed E-state index contributed by atoms with van der Waals surface area (Å²) in [4.78, 5) is 2.78. The molecule has 100 valence electrons. The van der Waals surface area contributed by atoms with E-state index in [1.165, 1.54) is 51.6 Å². The average molecular weight is 238 g/mol. The van der Waals surface area contributed by atoms with Crippen LogP contribution in [0.25, 0.3) is 0 Å². The quantitative estimate of drug-likeness (QED) is 0.813. The lowest BCUT2D eigenvalue weighted by molar-refractivity contribution is 0.0529. The lowest BCUT2D eigenvalue weighted by atomic mass is 9.72. The number of nitrogens with zero attached hydrogens (tertiary/aromatic N) is 1. The molecule has 17 heavy (non-hydrogen) atoms. The molecule has 1 heterocycles. The predicted molar refractivity (Wildman–Crippen MR) is 74.3 cm³/mol. The fourth-order valence-corrected chi connectivity index (χ4v) is 3.68. The third-order valence-corrected chi connectivity index (χ3v) is 4.68. The molecule has 1 saturated heterocycles. The number of hydrogen-bond donors (Lipinski definition) is 1. The second-order valence-corrected chi connectivity index (χ2v) is 6.74. The van der Waals surface area contributed by atoms with Crippen LogP contribution in [0.3, 0.4) is 0 Å². The fourth-order valence-electron chi connectivity index (χ4n) is 3.68. The van der Waals surface area contributed by atoms with E-state index in [0.29, 0.717) is 5.41 Å². The third kappa shape index (κ3) is 3.45. The van der Waals surface area contributed by atoms with Gasteiger partial charge in [-0.15, -0.1) is 0 Å². The first-order chi connectivity index (χ1) is 8.12. The summed E-state index contributed by atoms with van der Waals surface area (Å²) in [5.41, 5.74) is 0.550. The number of likely N-dealkylation sites (N-methyl/N-ethyl adjacent to an activating group) is 1. The predicted octanol–water partition coefficient (Wildman–Crippen LogP) is 3.03. The number of hydrogen-bond acceptors (Lipinski definition) is 2. The molecule has 2 unspecified atom stereocenters. The molecule has 0 bridgehead atoms. The molecule has 2 nitrogen and oxygen atoms in total. The molecule has 0 aromatic heterocycles. The van der Waals surface area contributed by atoms with Crippen molar-refractivity contribution in [3.63, 3.8) is 0 Å². The van der Waals surface area contributed by atoms with Crippen molar-refractivity contribution in [2.75, 3.05) is 19.6 Å². The molecule has 1 N–H and O–H groups in total. The van der Waals surface area contributed by atoms with Gasteiger partial charge < -0.3 is 5.32 Å². The van der Waals surface area contributed by atoms with Gasteiger partial charge in [0.25, 0.3) is 0 Å². The molecule has 0 aromatic carbocycles. The summed E-state index contributed by atoms with van der Waals surface area (Å²) in [7, 11) is 0. The van der Waals surface area contributed by atoms with Crippen molar-refractivity contribution in [1.82, 2.24) is 10.2 Å². The maximum Gasteiger partial charge on any atom is 0.0254 e. The lowest BCUT2D eigenvalue weighted by Gasteiger charge is -2.47. The minimum absolute atomic E-state index is 0.550. The van der Waals surface area contributed by atoms with Gasteiger partial charge in [-0.1, -0.05) is 27.2 Å². The molecule has 0 spiro atoms.